The van der Waals surface area contributed by atoms with Crippen molar-refractivity contribution < 1.29 is 4.39 Å². The molecule has 2 nitrogen and oxygen atoms in total. The summed E-state index contributed by atoms with van der Waals surface area (Å²) < 4.78 is 13.9. The maximum atomic E-state index is 13.1. The molecule has 0 bridgehead atoms. The maximum absolute atomic E-state index is 13.1. The minimum Gasteiger partial charge on any atom is -0.360 e. The Labute approximate surface area is 120 Å². The lowest BCUT2D eigenvalue weighted by Gasteiger charge is -2.24. The zero-order valence-corrected chi connectivity index (χ0v) is 12.4. The monoisotopic (exact) mass is 330 g/mol. The van der Waals surface area contributed by atoms with Crippen LogP contribution in [0.2, 0.25) is 0 Å². The lowest BCUT2D eigenvalue weighted by molar-refractivity contribution is 0.415. The molecule has 1 aromatic rings. The number of hydrogen-bond acceptors (Lipinski definition) is 1. The number of nitrogens with one attached hydrogen (secondary N) is 2. The lowest BCUT2D eigenvalue weighted by Crippen LogP contribution is -2.38. The molecule has 0 spiro atoms. The Morgan fingerprint density at radius 2 is 2.00 bits per heavy atom. The summed E-state index contributed by atoms with van der Waals surface area (Å²) in [6, 6.07) is 4.96. The molecule has 0 unspecified atom stereocenters. The number of benzene rings is 1. The van der Waals surface area contributed by atoms with Crippen LogP contribution in [0.3, 0.4) is 0 Å². The molecule has 0 atom stereocenters. The molecule has 0 aliphatic heterocycles. The Morgan fingerprint density at radius 3 is 2.72 bits per heavy atom. The smallest absolute Gasteiger partial charge is 0.171 e. The summed E-state index contributed by atoms with van der Waals surface area (Å²) >= 11 is 8.62. The fourth-order valence-corrected chi connectivity index (χ4v) is 2.81. The highest BCUT2D eigenvalue weighted by atomic mass is 79.9. The van der Waals surface area contributed by atoms with Crippen LogP contribution in [0.4, 0.5) is 10.1 Å². The van der Waals surface area contributed by atoms with Crippen molar-refractivity contribution in [3.05, 3.63) is 28.5 Å². The molecule has 2 N–H and O–H groups in total. The lowest BCUT2D eigenvalue weighted by atomic mass is 9.96. The molecule has 1 aliphatic rings. The van der Waals surface area contributed by atoms with Gasteiger partial charge in [-0.3, -0.25) is 0 Å². The van der Waals surface area contributed by atoms with E-state index >= 15 is 0 Å². The Balaban J connectivity index is 1.92. The van der Waals surface area contributed by atoms with Crippen molar-refractivity contribution in [3.63, 3.8) is 0 Å². The van der Waals surface area contributed by atoms with Crippen LogP contribution in [0.1, 0.15) is 32.1 Å². The van der Waals surface area contributed by atoms with Crippen LogP contribution in [0.5, 0.6) is 0 Å². The van der Waals surface area contributed by atoms with Crippen molar-refractivity contribution in [2.75, 3.05) is 5.32 Å². The zero-order chi connectivity index (χ0) is 13.0. The molecule has 0 heterocycles. The maximum Gasteiger partial charge on any atom is 0.171 e. The third-order valence-corrected chi connectivity index (χ3v) is 4.03. The van der Waals surface area contributed by atoms with Gasteiger partial charge < -0.3 is 10.6 Å². The number of rotatable bonds is 2. The number of anilines is 1. The molecule has 0 aromatic heterocycles. The molecule has 1 aromatic carbocycles. The average Bonchev–Trinajstić information content (AvgIpc) is 2.35. The largest absolute Gasteiger partial charge is 0.360 e. The summed E-state index contributed by atoms with van der Waals surface area (Å²) in [5.41, 5.74) is 0.656. The van der Waals surface area contributed by atoms with Gasteiger partial charge in [-0.1, -0.05) is 19.3 Å². The standard InChI is InChI=1S/C13H16BrFN2S/c14-11-7-6-9(15)8-12(11)17-13(18)16-10-4-2-1-3-5-10/h6-8,10H,1-5H2,(H2,16,17,18). The van der Waals surface area contributed by atoms with E-state index in [1.165, 1.54) is 31.4 Å². The minimum absolute atomic E-state index is 0.277. The van der Waals surface area contributed by atoms with Crippen LogP contribution in [0, 0.1) is 5.82 Å². The van der Waals surface area contributed by atoms with Crippen molar-refractivity contribution in [1.82, 2.24) is 5.32 Å². The second-order valence-electron chi connectivity index (χ2n) is 4.56. The highest BCUT2D eigenvalue weighted by molar-refractivity contribution is 9.10. The van der Waals surface area contributed by atoms with Crippen molar-refractivity contribution in [2.24, 2.45) is 0 Å². The van der Waals surface area contributed by atoms with Crippen LogP contribution in [0.25, 0.3) is 0 Å². The van der Waals surface area contributed by atoms with Crippen molar-refractivity contribution in [1.29, 1.82) is 0 Å². The van der Waals surface area contributed by atoms with E-state index < -0.39 is 0 Å². The van der Waals surface area contributed by atoms with E-state index in [1.807, 2.05) is 0 Å². The van der Waals surface area contributed by atoms with Gasteiger partial charge in [0.05, 0.1) is 5.69 Å². The molecule has 98 valence electrons. The average molecular weight is 331 g/mol. The third-order valence-electron chi connectivity index (χ3n) is 3.12. The quantitative estimate of drug-likeness (QED) is 0.794. The molecule has 5 heteroatoms. The fourth-order valence-electron chi connectivity index (χ4n) is 2.18. The van der Waals surface area contributed by atoms with Gasteiger partial charge in [0.2, 0.25) is 0 Å². The van der Waals surface area contributed by atoms with Crippen LogP contribution in [-0.2, 0) is 0 Å². The topological polar surface area (TPSA) is 24.1 Å². The highest BCUT2D eigenvalue weighted by Gasteiger charge is 2.14. The third kappa shape index (κ3) is 3.92. The predicted octanol–water partition coefficient (Wildman–Crippen LogP) is 4.21. The summed E-state index contributed by atoms with van der Waals surface area (Å²) in [5, 5.41) is 6.89. The summed E-state index contributed by atoms with van der Waals surface area (Å²) in [6.07, 6.45) is 6.14. The Bertz CT molecular complexity index is 433. The molecule has 2 rings (SSSR count). The number of thiocarbonyl (C=S) groups is 1. The van der Waals surface area contributed by atoms with Gasteiger partial charge in [0, 0.05) is 10.5 Å². The fraction of sp³-hybridized carbons (Fsp3) is 0.462. The van der Waals surface area contributed by atoms with Gasteiger partial charge in [-0.15, -0.1) is 0 Å². The van der Waals surface area contributed by atoms with Gasteiger partial charge in [0.25, 0.3) is 0 Å². The Kier molecular flexibility index (Phi) is 4.95. The van der Waals surface area contributed by atoms with E-state index in [2.05, 4.69) is 26.6 Å². The van der Waals surface area contributed by atoms with Gasteiger partial charge in [-0.2, -0.15) is 0 Å². The second-order valence-corrected chi connectivity index (χ2v) is 5.82. The molecule has 1 saturated carbocycles. The Hall–Kier alpha value is -0.680. The number of halogens is 2. The number of hydrogen-bond donors (Lipinski definition) is 2. The van der Waals surface area contributed by atoms with Gasteiger partial charge in [0.15, 0.2) is 5.11 Å². The van der Waals surface area contributed by atoms with E-state index in [0.29, 0.717) is 16.8 Å². The molecule has 0 amide bonds. The molecule has 1 aliphatic carbocycles. The van der Waals surface area contributed by atoms with E-state index in [9.17, 15) is 4.39 Å². The second kappa shape index (κ2) is 6.48. The first-order valence-electron chi connectivity index (χ1n) is 6.18. The van der Waals surface area contributed by atoms with Gasteiger partial charge >= 0.3 is 0 Å². The minimum atomic E-state index is -0.277. The van der Waals surface area contributed by atoms with Crippen LogP contribution in [0.15, 0.2) is 22.7 Å². The first kappa shape index (κ1) is 13.7. The first-order chi connectivity index (χ1) is 8.65. The van der Waals surface area contributed by atoms with Gasteiger partial charge in [-0.05, 0) is 59.2 Å². The normalized spacial score (nSPS) is 16.3. The SMILES string of the molecule is Fc1ccc(Br)c(NC(=S)NC2CCCCC2)c1. The Morgan fingerprint density at radius 1 is 1.28 bits per heavy atom. The van der Waals surface area contributed by atoms with Gasteiger partial charge in [0.1, 0.15) is 5.82 Å². The summed E-state index contributed by atoms with van der Waals surface area (Å²) in [7, 11) is 0. The van der Waals surface area contributed by atoms with Crippen molar-refractivity contribution in [3.8, 4) is 0 Å². The van der Waals surface area contributed by atoms with Crippen LogP contribution in [-0.4, -0.2) is 11.2 Å². The molecular weight excluding hydrogens is 315 g/mol. The zero-order valence-electron chi connectivity index (χ0n) is 10.0. The molecule has 18 heavy (non-hydrogen) atoms. The van der Waals surface area contributed by atoms with E-state index in [1.54, 1.807) is 6.07 Å². The van der Waals surface area contributed by atoms with Crippen LogP contribution >= 0.6 is 28.1 Å². The van der Waals surface area contributed by atoms with Crippen LogP contribution < -0.4 is 10.6 Å². The highest BCUT2D eigenvalue weighted by Crippen LogP contribution is 2.23. The van der Waals surface area contributed by atoms with Crippen molar-refractivity contribution in [2.45, 2.75) is 38.1 Å². The summed E-state index contributed by atoms with van der Waals surface area (Å²) in [4.78, 5) is 0. The molecule has 1 fully saturated rings. The predicted molar refractivity (Wildman–Crippen MR) is 80.3 cm³/mol. The summed E-state index contributed by atoms with van der Waals surface area (Å²) in [6.45, 7) is 0. The summed E-state index contributed by atoms with van der Waals surface area (Å²) in [5.74, 6) is -0.277. The first-order valence-corrected chi connectivity index (χ1v) is 7.38. The molecule has 0 radical (unpaired) electrons. The van der Waals surface area contributed by atoms with E-state index in [4.69, 9.17) is 12.2 Å². The van der Waals surface area contributed by atoms with Crippen molar-refractivity contribution >= 4 is 38.9 Å². The molecule has 0 saturated heterocycles. The van der Waals surface area contributed by atoms with E-state index in [-0.39, 0.29) is 5.82 Å². The molecular formula is C13H16BrFN2S. The van der Waals surface area contributed by atoms with E-state index in [0.717, 1.165) is 17.3 Å². The van der Waals surface area contributed by atoms with Gasteiger partial charge in [-0.25, -0.2) is 4.39 Å².